The number of amides is 1. The number of aliphatic hydroxyl groups excluding tert-OH is 2. The summed E-state index contributed by atoms with van der Waals surface area (Å²) in [7, 11) is 0. The Morgan fingerprint density at radius 2 is 0.837 bits per heavy atom. The minimum Gasteiger partial charge on any atom is -0.466 e. The maximum Gasteiger partial charge on any atom is 0.305 e. The molecule has 2 atom stereocenters. The highest BCUT2D eigenvalue weighted by atomic mass is 16.5. The number of carbonyl (C=O) groups excluding carboxylic acids is 2. The molecular weight excluding hydrogens is 610 g/mol. The molecule has 0 spiro atoms. The minimum atomic E-state index is -0.674. The van der Waals surface area contributed by atoms with Crippen molar-refractivity contribution in [3.63, 3.8) is 0 Å². The third kappa shape index (κ3) is 36.5. The number of hydrogen-bond acceptors (Lipinski definition) is 5. The summed E-state index contributed by atoms with van der Waals surface area (Å²) in [5, 5.41) is 23.0. The summed E-state index contributed by atoms with van der Waals surface area (Å²) >= 11 is 0. The predicted molar refractivity (Wildman–Crippen MR) is 209 cm³/mol. The smallest absolute Gasteiger partial charge is 0.305 e. The number of aliphatic hydroxyl groups is 2. The molecule has 0 heterocycles. The van der Waals surface area contributed by atoms with E-state index in [2.05, 4.69) is 19.2 Å². The Balaban J connectivity index is 3.45. The number of carbonyl (C=O) groups is 2. The first-order valence-electron chi connectivity index (χ1n) is 21.8. The van der Waals surface area contributed by atoms with E-state index in [1.165, 1.54) is 148 Å². The van der Waals surface area contributed by atoms with Gasteiger partial charge in [-0.15, -0.1) is 0 Å². The molecule has 0 fully saturated rings. The Kier molecular flexibility index (Phi) is 38.7. The molecule has 0 saturated heterocycles. The lowest BCUT2D eigenvalue weighted by atomic mass is 10.0. The van der Waals surface area contributed by atoms with Gasteiger partial charge in [0, 0.05) is 12.8 Å². The fourth-order valence-corrected chi connectivity index (χ4v) is 6.75. The average Bonchev–Trinajstić information content (AvgIpc) is 3.10. The maximum absolute atomic E-state index is 12.3. The molecular formula is C43H85NO5. The molecule has 0 aliphatic carbocycles. The van der Waals surface area contributed by atoms with E-state index in [0.29, 0.717) is 25.9 Å². The normalized spacial score (nSPS) is 12.7. The Morgan fingerprint density at radius 1 is 0.490 bits per heavy atom. The van der Waals surface area contributed by atoms with Crippen LogP contribution in [0.15, 0.2) is 0 Å². The molecule has 0 rings (SSSR count). The van der Waals surface area contributed by atoms with Crippen molar-refractivity contribution in [2.75, 3.05) is 13.2 Å². The molecule has 3 N–H and O–H groups in total. The van der Waals surface area contributed by atoms with Gasteiger partial charge in [0.15, 0.2) is 0 Å². The van der Waals surface area contributed by atoms with E-state index in [1.54, 1.807) is 0 Å². The van der Waals surface area contributed by atoms with Crippen LogP contribution in [0.3, 0.4) is 0 Å². The van der Waals surface area contributed by atoms with Crippen molar-refractivity contribution >= 4 is 11.9 Å². The number of hydrogen-bond donors (Lipinski definition) is 3. The monoisotopic (exact) mass is 696 g/mol. The third-order valence-electron chi connectivity index (χ3n) is 10.2. The fourth-order valence-electron chi connectivity index (χ4n) is 6.75. The second kappa shape index (κ2) is 39.6. The van der Waals surface area contributed by atoms with Crippen molar-refractivity contribution in [1.82, 2.24) is 5.32 Å². The molecule has 0 radical (unpaired) electrons. The molecule has 0 saturated carbocycles. The first kappa shape index (κ1) is 47.9. The Labute approximate surface area is 305 Å². The van der Waals surface area contributed by atoms with Crippen LogP contribution in [-0.2, 0) is 14.3 Å². The van der Waals surface area contributed by atoms with E-state index in [-0.39, 0.29) is 18.5 Å². The van der Waals surface area contributed by atoms with Gasteiger partial charge in [-0.1, -0.05) is 200 Å². The van der Waals surface area contributed by atoms with Gasteiger partial charge in [0.2, 0.25) is 5.91 Å². The van der Waals surface area contributed by atoms with E-state index < -0.39 is 12.1 Å². The van der Waals surface area contributed by atoms with Crippen molar-refractivity contribution in [1.29, 1.82) is 0 Å². The van der Waals surface area contributed by atoms with Gasteiger partial charge < -0.3 is 20.3 Å². The Hall–Kier alpha value is -1.14. The first-order valence-corrected chi connectivity index (χ1v) is 21.8. The lowest BCUT2D eigenvalue weighted by molar-refractivity contribution is -0.143. The van der Waals surface area contributed by atoms with Crippen LogP contribution < -0.4 is 5.32 Å². The molecule has 2 unspecified atom stereocenters. The number of nitrogens with one attached hydrogen (secondary N) is 1. The van der Waals surface area contributed by atoms with Gasteiger partial charge in [0.05, 0.1) is 25.4 Å². The summed E-state index contributed by atoms with van der Waals surface area (Å²) in [5.74, 6) is -0.0776. The van der Waals surface area contributed by atoms with Crippen LogP contribution in [0.5, 0.6) is 0 Å². The van der Waals surface area contributed by atoms with E-state index in [1.807, 2.05) is 0 Å². The second-order valence-electron chi connectivity index (χ2n) is 15.0. The standard InChI is InChI=1S/C43H85NO5/c1-3-5-7-9-11-13-14-15-16-21-25-29-33-37-43(48)49-38-34-30-26-22-18-17-20-24-28-32-36-42(47)44-40(39-45)41(46)35-31-27-23-19-12-10-8-6-4-2/h40-41,45-46H,3-39H2,1-2H3,(H,44,47). The minimum absolute atomic E-state index is 0.0179. The van der Waals surface area contributed by atoms with Crippen LogP contribution in [-0.4, -0.2) is 47.4 Å². The zero-order valence-electron chi connectivity index (χ0n) is 32.9. The molecule has 1 amide bonds. The zero-order chi connectivity index (χ0) is 35.9. The van der Waals surface area contributed by atoms with E-state index in [0.717, 1.165) is 57.8 Å². The third-order valence-corrected chi connectivity index (χ3v) is 10.2. The van der Waals surface area contributed by atoms with Crippen molar-refractivity contribution in [2.24, 2.45) is 0 Å². The van der Waals surface area contributed by atoms with Crippen LogP contribution in [0, 0.1) is 0 Å². The highest BCUT2D eigenvalue weighted by Crippen LogP contribution is 2.15. The molecule has 292 valence electrons. The van der Waals surface area contributed by atoms with Crippen LogP contribution in [0.1, 0.15) is 239 Å². The van der Waals surface area contributed by atoms with Gasteiger partial charge in [-0.3, -0.25) is 9.59 Å². The first-order chi connectivity index (χ1) is 24.0. The molecule has 0 aliphatic heterocycles. The topological polar surface area (TPSA) is 95.9 Å². The zero-order valence-corrected chi connectivity index (χ0v) is 32.9. The van der Waals surface area contributed by atoms with E-state index in [4.69, 9.17) is 4.74 Å². The Morgan fingerprint density at radius 3 is 1.24 bits per heavy atom. The summed E-state index contributed by atoms with van der Waals surface area (Å²) in [5.41, 5.74) is 0. The molecule has 0 bridgehead atoms. The van der Waals surface area contributed by atoms with Crippen LogP contribution in [0.4, 0.5) is 0 Å². The fraction of sp³-hybridized carbons (Fsp3) is 0.953. The van der Waals surface area contributed by atoms with Gasteiger partial charge >= 0.3 is 5.97 Å². The highest BCUT2D eigenvalue weighted by molar-refractivity contribution is 5.76. The van der Waals surface area contributed by atoms with E-state index >= 15 is 0 Å². The SMILES string of the molecule is CCCCCCCCCCCCCCCC(=O)OCCCCCCCCCCCCC(=O)NC(CO)C(O)CCCCCCCCCCC. The molecule has 0 aromatic rings. The number of ether oxygens (including phenoxy) is 1. The van der Waals surface area contributed by atoms with Gasteiger partial charge in [-0.2, -0.15) is 0 Å². The van der Waals surface area contributed by atoms with E-state index in [9.17, 15) is 19.8 Å². The maximum atomic E-state index is 12.3. The van der Waals surface area contributed by atoms with Crippen LogP contribution >= 0.6 is 0 Å². The number of rotatable bonds is 40. The van der Waals surface area contributed by atoms with Crippen LogP contribution in [0.25, 0.3) is 0 Å². The summed E-state index contributed by atoms with van der Waals surface area (Å²) in [6.07, 6.45) is 40.5. The lowest BCUT2D eigenvalue weighted by Gasteiger charge is -2.22. The highest BCUT2D eigenvalue weighted by Gasteiger charge is 2.20. The number of esters is 1. The predicted octanol–water partition coefficient (Wildman–Crippen LogP) is 12.1. The quantitative estimate of drug-likeness (QED) is 0.0438. The molecule has 6 heteroatoms. The summed E-state index contributed by atoms with van der Waals surface area (Å²) in [4.78, 5) is 24.3. The van der Waals surface area contributed by atoms with Gasteiger partial charge in [0.25, 0.3) is 0 Å². The van der Waals surface area contributed by atoms with Crippen molar-refractivity contribution in [2.45, 2.75) is 251 Å². The molecule has 49 heavy (non-hydrogen) atoms. The molecule has 6 nitrogen and oxygen atoms in total. The summed E-state index contributed by atoms with van der Waals surface area (Å²) in [6, 6.07) is -0.553. The largest absolute Gasteiger partial charge is 0.466 e. The van der Waals surface area contributed by atoms with Crippen molar-refractivity contribution in [3.05, 3.63) is 0 Å². The molecule has 0 aromatic carbocycles. The summed E-state index contributed by atoms with van der Waals surface area (Å²) < 4.78 is 5.43. The van der Waals surface area contributed by atoms with Gasteiger partial charge in [-0.25, -0.2) is 0 Å². The van der Waals surface area contributed by atoms with Crippen molar-refractivity contribution in [3.8, 4) is 0 Å². The molecule has 0 aromatic heterocycles. The average molecular weight is 696 g/mol. The van der Waals surface area contributed by atoms with Gasteiger partial charge in [0.1, 0.15) is 0 Å². The molecule has 0 aliphatic rings. The Bertz CT molecular complexity index is 687. The van der Waals surface area contributed by atoms with Crippen molar-refractivity contribution < 1.29 is 24.5 Å². The van der Waals surface area contributed by atoms with Gasteiger partial charge in [-0.05, 0) is 25.7 Å². The summed E-state index contributed by atoms with van der Waals surface area (Å²) in [6.45, 7) is 4.87. The number of unbranched alkanes of at least 4 members (excludes halogenated alkanes) is 29. The van der Waals surface area contributed by atoms with Crippen LogP contribution in [0.2, 0.25) is 0 Å². The lowest BCUT2D eigenvalue weighted by Crippen LogP contribution is -2.45. The second-order valence-corrected chi connectivity index (χ2v) is 15.0.